The van der Waals surface area contributed by atoms with E-state index in [2.05, 4.69) is 57.7 Å². The van der Waals surface area contributed by atoms with E-state index >= 15 is 0 Å². The van der Waals surface area contributed by atoms with Gasteiger partial charge in [-0.25, -0.2) is 0 Å². The monoisotopic (exact) mass is 910 g/mol. The standard InChI is InChI=1S/C42H63ClN6O4.2BrH/c1-7-48(8-2,9-3)24-26-52-34-28-32(29-35(31-34)53-27-25-49(10-4,11-5)12-6)42(51)44-23-17-13-14-20-40(50)46-47-41-36-18-15-16-19-38(36)45-39-30-33(43)21-22-37(39)41;;/h21-22,28-31H,7-20,23-27H2,1-6H3,(H-2,44,45,46,47,50,51);2*1H. The van der Waals surface area contributed by atoms with Crippen LogP contribution in [0.1, 0.15) is 102 Å². The average molecular weight is 913 g/mol. The predicted octanol–water partition coefficient (Wildman–Crippen LogP) is 1.72. The number of hydrogen-bond acceptors (Lipinski definition) is 6. The van der Waals surface area contributed by atoms with E-state index in [1.807, 2.05) is 36.4 Å². The molecule has 13 heteroatoms. The molecule has 0 radical (unpaired) electrons. The molecule has 3 N–H and O–H groups in total. The lowest BCUT2D eigenvalue weighted by molar-refractivity contribution is -0.923. The Morgan fingerprint density at radius 3 is 1.93 bits per heavy atom. The highest BCUT2D eigenvalue weighted by molar-refractivity contribution is 6.31. The lowest BCUT2D eigenvalue weighted by atomic mass is 9.93. The minimum atomic E-state index is -0.155. The second-order valence-corrected chi connectivity index (χ2v) is 14.9. The van der Waals surface area contributed by atoms with Crippen molar-refractivity contribution < 1.29 is 62.0 Å². The van der Waals surface area contributed by atoms with Crippen LogP contribution in [0.2, 0.25) is 5.02 Å². The summed E-state index contributed by atoms with van der Waals surface area (Å²) in [6.45, 7) is 23.2. The first kappa shape index (κ1) is 48.5. The van der Waals surface area contributed by atoms with Crippen LogP contribution < -0.4 is 59.6 Å². The molecule has 2 aromatic carbocycles. The fourth-order valence-electron chi connectivity index (χ4n) is 7.50. The van der Waals surface area contributed by atoms with E-state index in [9.17, 15) is 9.59 Å². The number of unbranched alkanes of at least 4 members (excludes halogenated alkanes) is 2. The van der Waals surface area contributed by atoms with Gasteiger partial charge in [0.1, 0.15) is 37.8 Å². The smallest absolute Gasteiger partial charge is 0.251 e. The highest BCUT2D eigenvalue weighted by atomic mass is 79.9. The van der Waals surface area contributed by atoms with E-state index in [4.69, 9.17) is 26.1 Å². The van der Waals surface area contributed by atoms with Gasteiger partial charge in [0.15, 0.2) is 0 Å². The summed E-state index contributed by atoms with van der Waals surface area (Å²) in [7, 11) is 0. The molecule has 0 saturated carbocycles. The number of carbonyl (C=O) groups excluding carboxylic acids is 2. The van der Waals surface area contributed by atoms with Crippen LogP contribution in [0.15, 0.2) is 36.4 Å². The predicted molar refractivity (Wildman–Crippen MR) is 217 cm³/mol. The summed E-state index contributed by atoms with van der Waals surface area (Å²) in [4.78, 5) is 31.0. The summed E-state index contributed by atoms with van der Waals surface area (Å²) in [5, 5.41) is 4.67. The summed E-state index contributed by atoms with van der Waals surface area (Å²) < 4.78 is 14.5. The molecule has 0 atom stereocenters. The minimum Gasteiger partial charge on any atom is -1.00 e. The molecule has 308 valence electrons. The molecule has 3 aromatic rings. The Kier molecular flexibility index (Phi) is 21.3. The number of nitrogens with zero attached hydrogens (tertiary/aromatic N) is 3. The third kappa shape index (κ3) is 13.8. The van der Waals surface area contributed by atoms with Crippen molar-refractivity contribution in [2.24, 2.45) is 0 Å². The number of amides is 2. The molecule has 1 heterocycles. The zero-order valence-electron chi connectivity index (χ0n) is 34.0. The molecule has 0 spiro atoms. The van der Waals surface area contributed by atoms with Gasteiger partial charge in [-0.15, -0.1) is 0 Å². The number of ether oxygens (including phenoxy) is 2. The number of rotatable bonds is 23. The van der Waals surface area contributed by atoms with E-state index in [0.717, 1.165) is 129 Å². The van der Waals surface area contributed by atoms with Gasteiger partial charge in [0.2, 0.25) is 5.91 Å². The Morgan fingerprint density at radius 2 is 1.35 bits per heavy atom. The Bertz CT molecular complexity index is 1590. The molecule has 0 saturated heterocycles. The molecular formula is C42H65Br2ClN6O4. The fourth-order valence-corrected chi connectivity index (χ4v) is 7.67. The first-order valence-corrected chi connectivity index (χ1v) is 20.6. The highest BCUT2D eigenvalue weighted by Gasteiger charge is 2.23. The number of aromatic nitrogens is 1. The normalized spacial score (nSPS) is 12.6. The van der Waals surface area contributed by atoms with Crippen molar-refractivity contribution in [1.29, 1.82) is 0 Å². The first-order chi connectivity index (χ1) is 25.6. The van der Waals surface area contributed by atoms with E-state index in [1.165, 1.54) is 5.56 Å². The topological polar surface area (TPSA) is 102 Å². The number of pyridine rings is 1. The van der Waals surface area contributed by atoms with Crippen LogP contribution in [0.5, 0.6) is 11.5 Å². The van der Waals surface area contributed by atoms with Gasteiger partial charge in [0.25, 0.3) is 5.91 Å². The zero-order chi connectivity index (χ0) is 38.3. The van der Waals surface area contributed by atoms with Gasteiger partial charge in [-0.1, -0.05) is 18.0 Å². The van der Waals surface area contributed by atoms with E-state index in [-0.39, 0.29) is 45.8 Å². The summed E-state index contributed by atoms with van der Waals surface area (Å²) in [6.07, 6.45) is 6.78. The highest BCUT2D eigenvalue weighted by Crippen LogP contribution is 2.34. The van der Waals surface area contributed by atoms with Crippen LogP contribution in [-0.2, 0) is 17.6 Å². The molecular weight excluding hydrogens is 848 g/mol. The first-order valence-electron chi connectivity index (χ1n) is 20.2. The van der Waals surface area contributed by atoms with E-state index in [0.29, 0.717) is 48.3 Å². The quantitative estimate of drug-likeness (QED) is 0.0763. The number of halogens is 3. The van der Waals surface area contributed by atoms with Crippen LogP contribution in [0.25, 0.3) is 10.9 Å². The summed E-state index contributed by atoms with van der Waals surface area (Å²) in [6, 6.07) is 11.3. The van der Waals surface area contributed by atoms with Gasteiger partial charge in [-0.3, -0.25) is 25.4 Å². The van der Waals surface area contributed by atoms with Gasteiger partial charge in [-0.05, 0) is 116 Å². The summed E-state index contributed by atoms with van der Waals surface area (Å²) in [5.74, 6) is 1.08. The van der Waals surface area contributed by atoms with Gasteiger partial charge in [0.05, 0.1) is 50.5 Å². The van der Waals surface area contributed by atoms with Crippen molar-refractivity contribution >= 4 is 40.0 Å². The fraction of sp³-hybridized carbons (Fsp3) is 0.595. The lowest BCUT2D eigenvalue weighted by Gasteiger charge is -2.35. The number of benzene rings is 2. The van der Waals surface area contributed by atoms with Gasteiger partial charge >= 0.3 is 0 Å². The van der Waals surface area contributed by atoms with Crippen molar-refractivity contribution in [2.45, 2.75) is 92.9 Å². The molecule has 0 unspecified atom stereocenters. The van der Waals surface area contributed by atoms with Crippen LogP contribution in [-0.4, -0.2) is 97.9 Å². The Morgan fingerprint density at radius 1 is 0.764 bits per heavy atom. The number of hydrazine groups is 1. The largest absolute Gasteiger partial charge is 1.00 e. The van der Waals surface area contributed by atoms with Crippen LogP contribution in [0.4, 0.5) is 5.69 Å². The van der Waals surface area contributed by atoms with Crippen molar-refractivity contribution in [2.75, 3.05) is 77.5 Å². The number of hydrogen-bond donors (Lipinski definition) is 3. The van der Waals surface area contributed by atoms with Gasteiger partial charge in [-0.2, -0.15) is 0 Å². The van der Waals surface area contributed by atoms with Crippen molar-refractivity contribution in [1.82, 2.24) is 15.7 Å². The maximum Gasteiger partial charge on any atom is 0.251 e. The maximum atomic E-state index is 13.4. The van der Waals surface area contributed by atoms with Crippen molar-refractivity contribution in [3.05, 3.63) is 58.2 Å². The number of likely N-dealkylation sites (N-methyl/N-ethyl adjacent to an activating group) is 2. The van der Waals surface area contributed by atoms with Crippen molar-refractivity contribution in [3.63, 3.8) is 0 Å². The molecule has 4 rings (SSSR count). The molecule has 0 bridgehead atoms. The lowest BCUT2D eigenvalue weighted by Crippen LogP contribution is -3.00. The average Bonchev–Trinajstić information content (AvgIpc) is 3.18. The second-order valence-electron chi connectivity index (χ2n) is 14.4. The van der Waals surface area contributed by atoms with Gasteiger partial charge < -0.3 is 57.7 Å². The molecule has 10 nitrogen and oxygen atoms in total. The summed E-state index contributed by atoms with van der Waals surface area (Å²) in [5.41, 5.74) is 10.7. The van der Waals surface area contributed by atoms with Crippen LogP contribution >= 0.6 is 11.6 Å². The number of carbonyl (C=O) groups is 2. The molecule has 1 aliphatic rings. The SMILES string of the molecule is CC[N+](CC)(CC)CCOc1cc(OCC[N+](CC)(CC)CC)cc(C(=O)NCCCCCC(=O)NNc2c3c(nc4cc(Cl)ccc24)CCCC3)c1.[Br-].[Br-]. The number of fused-ring (bicyclic) bond motifs is 2. The second kappa shape index (κ2) is 24.2. The Balaban J connectivity index is 0.00000523. The maximum absolute atomic E-state index is 13.4. The minimum absolute atomic E-state index is 0. The Labute approximate surface area is 356 Å². The number of nitrogens with one attached hydrogen (secondary N) is 3. The number of aryl methyl sites for hydroxylation is 1. The van der Waals surface area contributed by atoms with Crippen molar-refractivity contribution in [3.8, 4) is 11.5 Å². The third-order valence-electron chi connectivity index (χ3n) is 11.8. The Hall–Kier alpha value is -2.64. The molecule has 0 fully saturated rings. The molecule has 55 heavy (non-hydrogen) atoms. The molecule has 0 aliphatic heterocycles. The number of quaternary nitrogens is 2. The zero-order valence-corrected chi connectivity index (χ0v) is 37.9. The van der Waals surface area contributed by atoms with E-state index in [1.54, 1.807) is 0 Å². The number of anilines is 1. The van der Waals surface area contributed by atoms with Crippen LogP contribution in [0, 0.1) is 0 Å². The molecule has 2 amide bonds. The van der Waals surface area contributed by atoms with E-state index < -0.39 is 0 Å². The van der Waals surface area contributed by atoms with Crippen LogP contribution in [0.3, 0.4) is 0 Å². The molecule has 1 aromatic heterocycles. The van der Waals surface area contributed by atoms with Gasteiger partial charge in [0, 0.05) is 40.7 Å². The molecule has 1 aliphatic carbocycles. The summed E-state index contributed by atoms with van der Waals surface area (Å²) >= 11 is 6.26. The third-order valence-corrected chi connectivity index (χ3v) is 12.0.